The van der Waals surface area contributed by atoms with Gasteiger partial charge in [-0.3, -0.25) is 0 Å². The third kappa shape index (κ3) is 2.54. The maximum Gasteiger partial charge on any atom is 0.0218 e. The average molecular weight is 208 g/mol. The van der Waals surface area contributed by atoms with E-state index in [0.29, 0.717) is 6.04 Å². The fourth-order valence-corrected chi connectivity index (χ4v) is 3.00. The molecule has 3 aliphatic carbocycles. The normalized spacial score (nSPS) is 28.4. The van der Waals surface area contributed by atoms with E-state index in [2.05, 4.69) is 5.32 Å². The van der Waals surface area contributed by atoms with E-state index in [9.17, 15) is 0 Å². The highest BCUT2D eigenvalue weighted by Gasteiger charge is 2.41. The predicted molar refractivity (Wildman–Crippen MR) is 62.5 cm³/mol. The molecule has 0 spiro atoms. The lowest BCUT2D eigenvalue weighted by atomic mass is 9.97. The van der Waals surface area contributed by atoms with Gasteiger partial charge in [-0.25, -0.2) is 0 Å². The highest BCUT2D eigenvalue weighted by Crippen LogP contribution is 2.49. The molecule has 3 rings (SSSR count). The Morgan fingerprint density at radius 3 is 1.87 bits per heavy atom. The minimum Gasteiger partial charge on any atom is -0.329 e. The molecule has 1 atom stereocenters. The molecular weight excluding hydrogens is 184 g/mol. The summed E-state index contributed by atoms with van der Waals surface area (Å²) in [7, 11) is 0. The molecule has 0 amide bonds. The van der Waals surface area contributed by atoms with E-state index in [1.807, 2.05) is 0 Å². The molecule has 2 nitrogen and oxygen atoms in total. The fraction of sp³-hybridized carbons (Fsp3) is 1.00. The second kappa shape index (κ2) is 4.06. The van der Waals surface area contributed by atoms with Gasteiger partial charge in [0.2, 0.25) is 0 Å². The van der Waals surface area contributed by atoms with Crippen LogP contribution in [0.15, 0.2) is 0 Å². The Morgan fingerprint density at radius 1 is 0.933 bits per heavy atom. The molecule has 0 heterocycles. The van der Waals surface area contributed by atoms with Crippen LogP contribution in [-0.2, 0) is 0 Å². The number of hydrogen-bond donors (Lipinski definition) is 2. The molecule has 0 aromatic heterocycles. The van der Waals surface area contributed by atoms with Crippen molar-refractivity contribution in [1.82, 2.24) is 5.32 Å². The van der Waals surface area contributed by atoms with Crippen LogP contribution < -0.4 is 11.1 Å². The first-order valence-corrected chi connectivity index (χ1v) is 6.82. The maximum atomic E-state index is 5.82. The molecule has 0 radical (unpaired) electrons. The second-order valence-electron chi connectivity index (χ2n) is 5.93. The van der Waals surface area contributed by atoms with Gasteiger partial charge < -0.3 is 11.1 Å². The monoisotopic (exact) mass is 208 g/mol. The zero-order chi connectivity index (χ0) is 10.3. The first-order valence-electron chi connectivity index (χ1n) is 6.82. The largest absolute Gasteiger partial charge is 0.329 e. The van der Waals surface area contributed by atoms with Crippen molar-refractivity contribution >= 4 is 0 Å². The standard InChI is InChI=1S/C13H24N2/c14-7-13(11-5-6-11)15-8-12(9-1-2-9)10-3-4-10/h9-13,15H,1-8,14H2. The van der Waals surface area contributed by atoms with Crippen LogP contribution in [0.25, 0.3) is 0 Å². The van der Waals surface area contributed by atoms with Crippen molar-refractivity contribution in [3.8, 4) is 0 Å². The zero-order valence-corrected chi connectivity index (χ0v) is 9.62. The summed E-state index contributed by atoms with van der Waals surface area (Å²) in [6, 6.07) is 0.630. The molecule has 0 bridgehead atoms. The average Bonchev–Trinajstić information content (AvgIpc) is 3.12. The molecule has 0 aromatic rings. The van der Waals surface area contributed by atoms with Gasteiger partial charge in [-0.1, -0.05) is 0 Å². The van der Waals surface area contributed by atoms with Crippen molar-refractivity contribution in [3.63, 3.8) is 0 Å². The number of hydrogen-bond acceptors (Lipinski definition) is 2. The van der Waals surface area contributed by atoms with Crippen LogP contribution in [0.1, 0.15) is 38.5 Å². The van der Waals surface area contributed by atoms with Gasteiger partial charge in [-0.05, 0) is 68.7 Å². The van der Waals surface area contributed by atoms with Gasteiger partial charge in [0.25, 0.3) is 0 Å². The Balaban J connectivity index is 1.45. The lowest BCUT2D eigenvalue weighted by Gasteiger charge is -2.21. The molecule has 86 valence electrons. The quantitative estimate of drug-likeness (QED) is 0.669. The first-order chi connectivity index (χ1) is 7.38. The van der Waals surface area contributed by atoms with Gasteiger partial charge in [0.15, 0.2) is 0 Å². The summed E-state index contributed by atoms with van der Waals surface area (Å²) in [5.41, 5.74) is 5.82. The van der Waals surface area contributed by atoms with Crippen LogP contribution >= 0.6 is 0 Å². The van der Waals surface area contributed by atoms with Crippen molar-refractivity contribution in [2.75, 3.05) is 13.1 Å². The Labute approximate surface area is 93.0 Å². The van der Waals surface area contributed by atoms with Crippen molar-refractivity contribution in [2.45, 2.75) is 44.6 Å². The lowest BCUT2D eigenvalue weighted by molar-refractivity contribution is 0.343. The van der Waals surface area contributed by atoms with Crippen LogP contribution in [0.3, 0.4) is 0 Å². The Morgan fingerprint density at radius 2 is 1.47 bits per heavy atom. The minimum atomic E-state index is 0.630. The van der Waals surface area contributed by atoms with Gasteiger partial charge in [0.1, 0.15) is 0 Å². The van der Waals surface area contributed by atoms with Gasteiger partial charge >= 0.3 is 0 Å². The summed E-state index contributed by atoms with van der Waals surface area (Å²) in [5.74, 6) is 4.05. The van der Waals surface area contributed by atoms with E-state index in [1.54, 1.807) is 0 Å². The Bertz CT molecular complexity index is 205. The number of nitrogens with two attached hydrogens (primary N) is 1. The second-order valence-corrected chi connectivity index (χ2v) is 5.93. The van der Waals surface area contributed by atoms with Crippen molar-refractivity contribution < 1.29 is 0 Å². The number of nitrogens with one attached hydrogen (secondary N) is 1. The van der Waals surface area contributed by atoms with E-state index < -0.39 is 0 Å². The summed E-state index contributed by atoms with van der Waals surface area (Å²) in [6.07, 6.45) is 8.82. The molecular formula is C13H24N2. The lowest BCUT2D eigenvalue weighted by Crippen LogP contribution is -2.41. The SMILES string of the molecule is NCC(NCC(C1CC1)C1CC1)C1CC1. The van der Waals surface area contributed by atoms with Gasteiger partial charge in [-0.15, -0.1) is 0 Å². The van der Waals surface area contributed by atoms with E-state index in [0.717, 1.165) is 30.2 Å². The zero-order valence-electron chi connectivity index (χ0n) is 9.62. The highest BCUT2D eigenvalue weighted by atomic mass is 15.0. The summed E-state index contributed by atoms with van der Waals surface area (Å²) >= 11 is 0. The van der Waals surface area contributed by atoms with Gasteiger partial charge in [-0.2, -0.15) is 0 Å². The van der Waals surface area contributed by atoms with Crippen molar-refractivity contribution in [3.05, 3.63) is 0 Å². The van der Waals surface area contributed by atoms with Gasteiger partial charge in [0.05, 0.1) is 0 Å². The molecule has 15 heavy (non-hydrogen) atoms. The third-order valence-corrected chi connectivity index (χ3v) is 4.52. The van der Waals surface area contributed by atoms with E-state index >= 15 is 0 Å². The summed E-state index contributed by atoms with van der Waals surface area (Å²) in [5, 5.41) is 3.75. The van der Waals surface area contributed by atoms with Crippen molar-refractivity contribution in [1.29, 1.82) is 0 Å². The first kappa shape index (κ1) is 10.1. The summed E-state index contributed by atoms with van der Waals surface area (Å²) in [6.45, 7) is 2.10. The van der Waals surface area contributed by atoms with Crippen LogP contribution in [0.4, 0.5) is 0 Å². The third-order valence-electron chi connectivity index (χ3n) is 4.52. The molecule has 0 aromatic carbocycles. The van der Waals surface area contributed by atoms with Crippen LogP contribution in [0, 0.1) is 23.7 Å². The van der Waals surface area contributed by atoms with Gasteiger partial charge in [0, 0.05) is 12.6 Å². The smallest absolute Gasteiger partial charge is 0.0218 e. The minimum absolute atomic E-state index is 0.630. The van der Waals surface area contributed by atoms with Crippen LogP contribution in [0.2, 0.25) is 0 Å². The molecule has 0 aliphatic heterocycles. The Kier molecular flexibility index (Phi) is 2.73. The predicted octanol–water partition coefficient (Wildman–Crippen LogP) is 1.75. The van der Waals surface area contributed by atoms with E-state index in [1.165, 1.54) is 45.1 Å². The summed E-state index contributed by atoms with van der Waals surface area (Å²) in [4.78, 5) is 0. The number of rotatable bonds is 7. The van der Waals surface area contributed by atoms with Crippen LogP contribution in [0.5, 0.6) is 0 Å². The molecule has 2 heteroatoms. The fourth-order valence-electron chi connectivity index (χ4n) is 3.00. The maximum absolute atomic E-state index is 5.82. The molecule has 3 aliphatic rings. The van der Waals surface area contributed by atoms with Crippen LogP contribution in [-0.4, -0.2) is 19.1 Å². The summed E-state index contributed by atoms with van der Waals surface area (Å²) < 4.78 is 0. The molecule has 0 saturated heterocycles. The van der Waals surface area contributed by atoms with Crippen molar-refractivity contribution in [2.24, 2.45) is 29.4 Å². The molecule has 3 fully saturated rings. The molecule has 3 saturated carbocycles. The molecule has 1 unspecified atom stereocenters. The van der Waals surface area contributed by atoms with E-state index in [-0.39, 0.29) is 0 Å². The molecule has 3 N–H and O–H groups in total. The van der Waals surface area contributed by atoms with E-state index in [4.69, 9.17) is 5.73 Å². The topological polar surface area (TPSA) is 38.0 Å². The Hall–Kier alpha value is -0.0800. The highest BCUT2D eigenvalue weighted by molar-refractivity contribution is 4.94.